The lowest BCUT2D eigenvalue weighted by atomic mass is 10.0. The van der Waals surface area contributed by atoms with Crippen LogP contribution in [0.1, 0.15) is 30.5 Å². The second-order valence-electron chi connectivity index (χ2n) is 4.34. The van der Waals surface area contributed by atoms with Gasteiger partial charge in [-0.05, 0) is 60.9 Å². The number of aliphatic hydroxyl groups is 1. The van der Waals surface area contributed by atoms with Crippen molar-refractivity contribution in [2.24, 2.45) is 0 Å². The van der Waals surface area contributed by atoms with Crippen LogP contribution in [-0.4, -0.2) is 30.3 Å². The molecule has 0 heterocycles. The van der Waals surface area contributed by atoms with E-state index in [4.69, 9.17) is 9.47 Å². The minimum absolute atomic E-state index is 0.138. The van der Waals surface area contributed by atoms with E-state index in [0.717, 1.165) is 11.1 Å². The van der Waals surface area contributed by atoms with Gasteiger partial charge in [0.2, 0.25) is 0 Å². The number of rotatable bonds is 7. The Morgan fingerprint density at radius 1 is 0.955 bits per heavy atom. The molecule has 0 radical (unpaired) electrons. The predicted octanol–water partition coefficient (Wildman–Crippen LogP) is 2.33. The Morgan fingerprint density at radius 2 is 1.41 bits per heavy atom. The van der Waals surface area contributed by atoms with Gasteiger partial charge in [-0.2, -0.15) is 0 Å². The van der Waals surface area contributed by atoms with Crippen LogP contribution in [0.25, 0.3) is 12.2 Å². The van der Waals surface area contributed by atoms with E-state index < -0.39 is 11.9 Å². The molecule has 0 aliphatic rings. The highest BCUT2D eigenvalue weighted by Gasteiger charge is 2.00. The quantitative estimate of drug-likeness (QED) is 0.618. The van der Waals surface area contributed by atoms with Gasteiger partial charge >= 0.3 is 11.9 Å². The maximum absolute atomic E-state index is 11.3. The molecule has 118 valence electrons. The van der Waals surface area contributed by atoms with Gasteiger partial charge in [0.05, 0.1) is 19.8 Å². The Morgan fingerprint density at radius 3 is 1.77 bits per heavy atom. The van der Waals surface area contributed by atoms with Crippen LogP contribution in [0.2, 0.25) is 0 Å². The van der Waals surface area contributed by atoms with Crippen LogP contribution in [0.4, 0.5) is 0 Å². The molecule has 0 atom stereocenters. The van der Waals surface area contributed by atoms with Crippen molar-refractivity contribution in [2.45, 2.75) is 20.5 Å². The zero-order valence-corrected chi connectivity index (χ0v) is 12.7. The van der Waals surface area contributed by atoms with Crippen molar-refractivity contribution in [3.05, 3.63) is 47.0 Å². The van der Waals surface area contributed by atoms with Crippen LogP contribution in [0.15, 0.2) is 30.4 Å². The molecule has 1 rings (SSSR count). The summed E-state index contributed by atoms with van der Waals surface area (Å²) in [7, 11) is 0. The van der Waals surface area contributed by atoms with E-state index in [1.165, 1.54) is 12.2 Å². The summed E-state index contributed by atoms with van der Waals surface area (Å²) >= 11 is 0. The first-order valence-electron chi connectivity index (χ1n) is 7.03. The Hall–Kier alpha value is -2.40. The Labute approximate surface area is 129 Å². The van der Waals surface area contributed by atoms with Gasteiger partial charge in [0.1, 0.15) is 0 Å². The molecular weight excluding hydrogens is 284 g/mol. The van der Waals surface area contributed by atoms with E-state index in [9.17, 15) is 14.7 Å². The summed E-state index contributed by atoms with van der Waals surface area (Å²) in [5.41, 5.74) is 2.13. The number of hydrogen-bond acceptors (Lipinski definition) is 5. The summed E-state index contributed by atoms with van der Waals surface area (Å²) in [6, 6.07) is 5.28. The van der Waals surface area contributed by atoms with Crippen molar-refractivity contribution in [3.63, 3.8) is 0 Å². The molecule has 0 amide bonds. The fraction of sp³-hybridized carbons (Fsp3) is 0.294. The maximum Gasteiger partial charge on any atom is 0.330 e. The van der Waals surface area contributed by atoms with Crippen LogP contribution in [0, 0.1) is 0 Å². The third-order valence-corrected chi connectivity index (χ3v) is 2.62. The van der Waals surface area contributed by atoms with E-state index in [0.29, 0.717) is 18.8 Å². The molecule has 0 bridgehead atoms. The van der Waals surface area contributed by atoms with E-state index in [2.05, 4.69) is 0 Å². The number of carbonyl (C=O) groups is 2. The number of carbonyl (C=O) groups excluding carboxylic acids is 2. The first-order valence-corrected chi connectivity index (χ1v) is 7.03. The van der Waals surface area contributed by atoms with Gasteiger partial charge in [0, 0.05) is 12.2 Å². The summed E-state index contributed by atoms with van der Waals surface area (Å²) < 4.78 is 9.61. The van der Waals surface area contributed by atoms with Gasteiger partial charge in [0.15, 0.2) is 0 Å². The minimum Gasteiger partial charge on any atom is -0.463 e. The van der Waals surface area contributed by atoms with Crippen LogP contribution < -0.4 is 0 Å². The number of benzene rings is 1. The lowest BCUT2D eigenvalue weighted by Gasteiger charge is -2.03. The van der Waals surface area contributed by atoms with Gasteiger partial charge < -0.3 is 14.6 Å². The summed E-state index contributed by atoms with van der Waals surface area (Å²) in [6.45, 7) is 3.95. The van der Waals surface area contributed by atoms with Crippen LogP contribution >= 0.6 is 0 Å². The Balaban J connectivity index is 2.93. The van der Waals surface area contributed by atoms with Gasteiger partial charge in [-0.1, -0.05) is 0 Å². The minimum atomic E-state index is -0.430. The van der Waals surface area contributed by atoms with Crippen LogP contribution in [0.5, 0.6) is 0 Å². The molecule has 5 nitrogen and oxygen atoms in total. The van der Waals surface area contributed by atoms with Crippen LogP contribution in [0.3, 0.4) is 0 Å². The van der Waals surface area contributed by atoms with Gasteiger partial charge in [-0.25, -0.2) is 9.59 Å². The largest absolute Gasteiger partial charge is 0.463 e. The highest BCUT2D eigenvalue weighted by atomic mass is 16.5. The lowest BCUT2D eigenvalue weighted by molar-refractivity contribution is -0.138. The third kappa shape index (κ3) is 6.37. The van der Waals surface area contributed by atoms with Crippen molar-refractivity contribution in [1.82, 2.24) is 0 Å². The molecular formula is C17H20O5. The van der Waals surface area contributed by atoms with Crippen molar-refractivity contribution in [2.75, 3.05) is 13.2 Å². The maximum atomic E-state index is 11.3. The highest BCUT2D eigenvalue weighted by molar-refractivity contribution is 5.88. The summed E-state index contributed by atoms with van der Waals surface area (Å²) in [5.74, 6) is -0.860. The lowest BCUT2D eigenvalue weighted by Crippen LogP contribution is -1.99. The summed E-state index contributed by atoms with van der Waals surface area (Å²) in [4.78, 5) is 22.6. The Kier molecular flexibility index (Phi) is 7.64. The van der Waals surface area contributed by atoms with Gasteiger partial charge in [-0.3, -0.25) is 0 Å². The SMILES string of the molecule is CCOC(=O)C=Cc1cc(/C=C/C(=O)OCC)cc(CO)c1. The fourth-order valence-corrected chi connectivity index (χ4v) is 1.74. The molecule has 1 N–H and O–H groups in total. The molecule has 0 saturated carbocycles. The number of esters is 2. The topological polar surface area (TPSA) is 72.8 Å². The molecule has 22 heavy (non-hydrogen) atoms. The first kappa shape index (κ1) is 17.7. The molecule has 1 aromatic carbocycles. The number of ether oxygens (including phenoxy) is 2. The first-order chi connectivity index (χ1) is 10.6. The van der Waals surface area contributed by atoms with E-state index in [1.54, 1.807) is 44.2 Å². The molecule has 0 aromatic heterocycles. The van der Waals surface area contributed by atoms with Crippen molar-refractivity contribution < 1.29 is 24.2 Å². The molecule has 0 fully saturated rings. The predicted molar refractivity (Wildman–Crippen MR) is 83.7 cm³/mol. The summed E-state index contributed by atoms with van der Waals surface area (Å²) in [5, 5.41) is 9.28. The second kappa shape index (κ2) is 9.52. The smallest absolute Gasteiger partial charge is 0.330 e. The molecule has 0 aliphatic carbocycles. The normalized spacial score (nSPS) is 11.0. The molecule has 0 saturated heterocycles. The molecule has 5 heteroatoms. The number of aliphatic hydroxyl groups excluding tert-OH is 1. The summed E-state index contributed by atoms with van der Waals surface area (Å²) in [6.07, 6.45) is 5.83. The fourth-order valence-electron chi connectivity index (χ4n) is 1.74. The zero-order chi connectivity index (χ0) is 16.4. The third-order valence-electron chi connectivity index (χ3n) is 2.62. The molecule has 0 spiro atoms. The zero-order valence-electron chi connectivity index (χ0n) is 12.7. The molecule has 1 aromatic rings. The van der Waals surface area contributed by atoms with Gasteiger partial charge in [-0.15, -0.1) is 0 Å². The van der Waals surface area contributed by atoms with E-state index in [-0.39, 0.29) is 6.61 Å². The van der Waals surface area contributed by atoms with Crippen molar-refractivity contribution in [3.8, 4) is 0 Å². The van der Waals surface area contributed by atoms with E-state index in [1.807, 2.05) is 0 Å². The van der Waals surface area contributed by atoms with E-state index >= 15 is 0 Å². The molecule has 0 aliphatic heterocycles. The monoisotopic (exact) mass is 304 g/mol. The van der Waals surface area contributed by atoms with Crippen molar-refractivity contribution in [1.29, 1.82) is 0 Å². The average Bonchev–Trinajstić information content (AvgIpc) is 2.51. The highest BCUT2D eigenvalue weighted by Crippen LogP contribution is 2.14. The molecule has 0 unspecified atom stereocenters. The number of hydrogen-bond donors (Lipinski definition) is 1. The Bertz CT molecular complexity index is 526. The average molecular weight is 304 g/mol. The second-order valence-corrected chi connectivity index (χ2v) is 4.34. The van der Waals surface area contributed by atoms with Crippen LogP contribution in [-0.2, 0) is 25.7 Å². The van der Waals surface area contributed by atoms with Gasteiger partial charge in [0.25, 0.3) is 0 Å². The standard InChI is InChI=1S/C17H20O5/c1-3-21-16(19)7-5-13-9-14(11-15(10-13)12-18)6-8-17(20)22-4-2/h5-11,18H,3-4,12H2,1-2H3/b7-5+,8-6?. The van der Waals surface area contributed by atoms with Crippen molar-refractivity contribution >= 4 is 24.1 Å².